The van der Waals surface area contributed by atoms with Gasteiger partial charge in [-0.25, -0.2) is 4.79 Å². The van der Waals surface area contributed by atoms with E-state index in [1.165, 1.54) is 6.08 Å². The summed E-state index contributed by atoms with van der Waals surface area (Å²) in [6.45, 7) is 4.37. The van der Waals surface area contributed by atoms with Gasteiger partial charge < -0.3 is 10.4 Å². The summed E-state index contributed by atoms with van der Waals surface area (Å²) in [4.78, 5) is 14.4. The molecule has 0 radical (unpaired) electrons. The van der Waals surface area contributed by atoms with Crippen LogP contribution < -0.4 is 5.32 Å². The van der Waals surface area contributed by atoms with Crippen molar-refractivity contribution in [3.8, 4) is 0 Å². The highest BCUT2D eigenvalue weighted by molar-refractivity contribution is 5.80. The van der Waals surface area contributed by atoms with Crippen LogP contribution in [0.25, 0.3) is 0 Å². The zero-order chi connectivity index (χ0) is 12.0. The van der Waals surface area contributed by atoms with Crippen LogP contribution in [0.5, 0.6) is 0 Å². The highest BCUT2D eigenvalue weighted by atomic mass is 16.4. The Labute approximate surface area is 95.0 Å². The maximum atomic E-state index is 10.4. The van der Waals surface area contributed by atoms with Crippen LogP contribution in [0.1, 0.15) is 25.5 Å². The monoisotopic (exact) mass is 220 g/mol. The van der Waals surface area contributed by atoms with Gasteiger partial charge in [-0.05, 0) is 25.5 Å². The number of carbonyl (C=O) groups is 1. The Kier molecular flexibility index (Phi) is 4.66. The number of pyridine rings is 1. The Balaban J connectivity index is 2.48. The second kappa shape index (κ2) is 6.02. The number of nitrogens with one attached hydrogen (secondary N) is 1. The average molecular weight is 220 g/mol. The van der Waals surface area contributed by atoms with E-state index >= 15 is 0 Å². The van der Waals surface area contributed by atoms with Gasteiger partial charge >= 0.3 is 5.97 Å². The average Bonchev–Trinajstić information content (AvgIpc) is 2.26. The number of hydrogen-bond acceptors (Lipinski definition) is 3. The fourth-order valence-electron chi connectivity index (χ4n) is 1.33. The minimum Gasteiger partial charge on any atom is -0.478 e. The molecule has 86 valence electrons. The van der Waals surface area contributed by atoms with Crippen molar-refractivity contribution in [2.24, 2.45) is 0 Å². The number of aromatic nitrogens is 1. The molecular weight excluding hydrogens is 204 g/mol. The van der Waals surface area contributed by atoms with Gasteiger partial charge in [-0.1, -0.05) is 11.6 Å². The van der Waals surface area contributed by atoms with Gasteiger partial charge in [0.15, 0.2) is 0 Å². The molecule has 0 amide bonds. The molecule has 1 aromatic heterocycles. The number of hydrogen-bond donors (Lipinski definition) is 2. The Bertz CT molecular complexity index is 374. The van der Waals surface area contributed by atoms with E-state index in [9.17, 15) is 4.79 Å². The van der Waals surface area contributed by atoms with E-state index < -0.39 is 5.97 Å². The quantitative estimate of drug-likeness (QED) is 0.742. The summed E-state index contributed by atoms with van der Waals surface area (Å²) in [6, 6.07) is 4.03. The Morgan fingerprint density at radius 1 is 1.69 bits per heavy atom. The van der Waals surface area contributed by atoms with E-state index in [0.717, 1.165) is 11.1 Å². The summed E-state index contributed by atoms with van der Waals surface area (Å²) in [5.74, 6) is -0.909. The molecule has 1 rings (SSSR count). The first-order valence-electron chi connectivity index (χ1n) is 5.13. The molecule has 0 fully saturated rings. The molecular formula is C12H16N2O2. The molecule has 0 unspecified atom stereocenters. The van der Waals surface area contributed by atoms with E-state index in [1.54, 1.807) is 19.3 Å². The van der Waals surface area contributed by atoms with E-state index in [1.807, 2.05) is 19.1 Å². The van der Waals surface area contributed by atoms with Crippen LogP contribution in [0, 0.1) is 0 Å². The fourth-order valence-corrected chi connectivity index (χ4v) is 1.33. The molecule has 0 spiro atoms. The Hall–Kier alpha value is -1.68. The lowest BCUT2D eigenvalue weighted by Gasteiger charge is -2.13. The van der Waals surface area contributed by atoms with Crippen LogP contribution in [0.2, 0.25) is 0 Å². The van der Waals surface area contributed by atoms with E-state index in [2.05, 4.69) is 10.3 Å². The zero-order valence-electron chi connectivity index (χ0n) is 9.47. The van der Waals surface area contributed by atoms with Crippen LogP contribution >= 0.6 is 0 Å². The summed E-state index contributed by atoms with van der Waals surface area (Å²) >= 11 is 0. The van der Waals surface area contributed by atoms with E-state index in [-0.39, 0.29) is 6.04 Å². The fraction of sp³-hybridized carbons (Fsp3) is 0.333. The minimum absolute atomic E-state index is 0.158. The predicted molar refractivity (Wildman–Crippen MR) is 62.0 cm³/mol. The first kappa shape index (κ1) is 12.4. The molecule has 4 heteroatoms. The number of carboxylic acid groups (broad SMARTS) is 1. The van der Waals surface area contributed by atoms with Crippen molar-refractivity contribution in [3.63, 3.8) is 0 Å². The largest absolute Gasteiger partial charge is 0.478 e. The van der Waals surface area contributed by atoms with E-state index in [0.29, 0.717) is 6.54 Å². The van der Waals surface area contributed by atoms with Crippen molar-refractivity contribution in [2.45, 2.75) is 19.9 Å². The summed E-state index contributed by atoms with van der Waals surface area (Å²) in [6.07, 6.45) is 4.74. The summed E-state index contributed by atoms with van der Waals surface area (Å²) in [5, 5.41) is 11.8. The summed E-state index contributed by atoms with van der Waals surface area (Å²) < 4.78 is 0. The highest BCUT2D eigenvalue weighted by Gasteiger charge is 2.04. The zero-order valence-corrected chi connectivity index (χ0v) is 9.47. The Morgan fingerprint density at radius 2 is 2.44 bits per heavy atom. The molecule has 1 atom stereocenters. The summed E-state index contributed by atoms with van der Waals surface area (Å²) in [5.41, 5.74) is 1.88. The van der Waals surface area contributed by atoms with Crippen molar-refractivity contribution < 1.29 is 9.90 Å². The van der Waals surface area contributed by atoms with Gasteiger partial charge in [0, 0.05) is 31.1 Å². The van der Waals surface area contributed by atoms with Gasteiger partial charge in [0.05, 0.1) is 0 Å². The van der Waals surface area contributed by atoms with Gasteiger partial charge in [-0.15, -0.1) is 0 Å². The molecule has 16 heavy (non-hydrogen) atoms. The van der Waals surface area contributed by atoms with Gasteiger partial charge in [-0.3, -0.25) is 4.98 Å². The molecule has 0 saturated heterocycles. The SMILES string of the molecule is C/C(=C\C(=O)O)CN[C@@H](C)c1cccnc1. The maximum Gasteiger partial charge on any atom is 0.328 e. The molecule has 0 aliphatic rings. The second-order valence-electron chi connectivity index (χ2n) is 3.72. The molecule has 1 heterocycles. The van der Waals surface area contributed by atoms with E-state index in [4.69, 9.17) is 5.11 Å². The van der Waals surface area contributed by atoms with Crippen LogP contribution in [-0.2, 0) is 4.79 Å². The first-order valence-corrected chi connectivity index (χ1v) is 5.13. The third-order valence-electron chi connectivity index (χ3n) is 2.24. The molecule has 0 aliphatic carbocycles. The number of nitrogens with zero attached hydrogens (tertiary/aromatic N) is 1. The van der Waals surface area contributed by atoms with Gasteiger partial charge in [-0.2, -0.15) is 0 Å². The number of aliphatic carboxylic acids is 1. The highest BCUT2D eigenvalue weighted by Crippen LogP contribution is 2.09. The lowest BCUT2D eigenvalue weighted by atomic mass is 10.1. The Morgan fingerprint density at radius 3 is 3.00 bits per heavy atom. The van der Waals surface area contributed by atoms with Gasteiger partial charge in [0.1, 0.15) is 0 Å². The maximum absolute atomic E-state index is 10.4. The molecule has 0 aromatic carbocycles. The molecule has 2 N–H and O–H groups in total. The topological polar surface area (TPSA) is 62.2 Å². The smallest absolute Gasteiger partial charge is 0.328 e. The van der Waals surface area contributed by atoms with Gasteiger partial charge in [0.25, 0.3) is 0 Å². The third-order valence-corrected chi connectivity index (χ3v) is 2.24. The third kappa shape index (κ3) is 4.23. The lowest BCUT2D eigenvalue weighted by molar-refractivity contribution is -0.131. The minimum atomic E-state index is -0.909. The normalized spacial score (nSPS) is 13.5. The predicted octanol–water partition coefficient (Wildman–Crippen LogP) is 1.76. The van der Waals surface area contributed by atoms with Crippen LogP contribution in [0.15, 0.2) is 36.2 Å². The van der Waals surface area contributed by atoms with Crippen molar-refractivity contribution in [2.75, 3.05) is 6.54 Å². The molecule has 0 aliphatic heterocycles. The molecule has 1 aromatic rings. The number of carboxylic acids is 1. The van der Waals surface area contributed by atoms with Crippen molar-refractivity contribution in [3.05, 3.63) is 41.7 Å². The lowest BCUT2D eigenvalue weighted by Crippen LogP contribution is -2.21. The second-order valence-corrected chi connectivity index (χ2v) is 3.72. The van der Waals surface area contributed by atoms with Crippen molar-refractivity contribution >= 4 is 5.97 Å². The summed E-state index contributed by atoms with van der Waals surface area (Å²) in [7, 11) is 0. The van der Waals surface area contributed by atoms with Crippen molar-refractivity contribution in [1.29, 1.82) is 0 Å². The van der Waals surface area contributed by atoms with Crippen LogP contribution in [0.3, 0.4) is 0 Å². The molecule has 0 bridgehead atoms. The van der Waals surface area contributed by atoms with Crippen molar-refractivity contribution in [1.82, 2.24) is 10.3 Å². The standard InChI is InChI=1S/C12H16N2O2/c1-9(6-12(15)16)7-14-10(2)11-4-3-5-13-8-11/h3-6,8,10,14H,7H2,1-2H3,(H,15,16)/b9-6+/t10-/m0/s1. The number of rotatable bonds is 5. The molecule has 0 saturated carbocycles. The van der Waals surface area contributed by atoms with Crippen LogP contribution in [0.4, 0.5) is 0 Å². The van der Waals surface area contributed by atoms with Crippen LogP contribution in [-0.4, -0.2) is 22.6 Å². The van der Waals surface area contributed by atoms with Gasteiger partial charge in [0.2, 0.25) is 0 Å². The first-order chi connectivity index (χ1) is 7.59. The molecule has 4 nitrogen and oxygen atoms in total.